The molecule has 0 aliphatic carbocycles. The molecule has 0 aliphatic rings. The highest BCUT2D eigenvalue weighted by Crippen LogP contribution is 2.10. The monoisotopic (exact) mass is 208 g/mol. The van der Waals surface area contributed by atoms with Gasteiger partial charge in [-0.25, -0.2) is 0 Å². The molecule has 0 fully saturated rings. The summed E-state index contributed by atoms with van der Waals surface area (Å²) in [4.78, 5) is 0. The number of ether oxygens (including phenoxy) is 1. The average molecular weight is 208 g/mol. The van der Waals surface area contributed by atoms with E-state index in [2.05, 4.69) is 12.2 Å². The maximum atomic E-state index is 5.85. The normalized spacial score (nSPS) is 12.7. The standard InChI is InChI=1S/C12H20N2O/c1-3-11(9-15-2)14-8-10-6-4-5-7-12(10)13/h4-7,11,14H,3,8-9,13H2,1-2H3. The van der Waals surface area contributed by atoms with Crippen LogP contribution in [-0.2, 0) is 11.3 Å². The number of rotatable bonds is 6. The van der Waals surface area contributed by atoms with Gasteiger partial charge in [-0.15, -0.1) is 0 Å². The summed E-state index contributed by atoms with van der Waals surface area (Å²) in [7, 11) is 1.72. The van der Waals surface area contributed by atoms with Gasteiger partial charge in [-0.3, -0.25) is 0 Å². The van der Waals surface area contributed by atoms with E-state index in [4.69, 9.17) is 10.5 Å². The van der Waals surface area contributed by atoms with Gasteiger partial charge in [0.15, 0.2) is 0 Å². The van der Waals surface area contributed by atoms with Crippen LogP contribution in [0.3, 0.4) is 0 Å². The average Bonchev–Trinajstić information content (AvgIpc) is 2.26. The summed E-state index contributed by atoms with van der Waals surface area (Å²) < 4.78 is 5.12. The molecule has 0 heterocycles. The second kappa shape index (κ2) is 6.43. The highest BCUT2D eigenvalue weighted by atomic mass is 16.5. The number of nitrogen functional groups attached to an aromatic ring is 1. The van der Waals surface area contributed by atoms with E-state index in [0.29, 0.717) is 6.04 Å². The van der Waals surface area contributed by atoms with Gasteiger partial charge in [0, 0.05) is 25.4 Å². The number of hydrogen-bond donors (Lipinski definition) is 2. The largest absolute Gasteiger partial charge is 0.398 e. The third kappa shape index (κ3) is 3.90. The topological polar surface area (TPSA) is 47.3 Å². The molecule has 0 saturated carbocycles. The molecule has 1 unspecified atom stereocenters. The Hall–Kier alpha value is -1.06. The first kappa shape index (κ1) is 12.0. The van der Waals surface area contributed by atoms with Gasteiger partial charge in [0.25, 0.3) is 0 Å². The minimum atomic E-state index is 0.398. The van der Waals surface area contributed by atoms with Crippen LogP contribution in [0.5, 0.6) is 0 Å². The lowest BCUT2D eigenvalue weighted by Crippen LogP contribution is -2.32. The highest BCUT2D eigenvalue weighted by Gasteiger charge is 2.05. The van der Waals surface area contributed by atoms with Gasteiger partial charge in [-0.1, -0.05) is 25.1 Å². The molecule has 1 atom stereocenters. The minimum absolute atomic E-state index is 0.398. The summed E-state index contributed by atoms with van der Waals surface area (Å²) in [5, 5.41) is 3.42. The van der Waals surface area contributed by atoms with Crippen LogP contribution in [0, 0.1) is 0 Å². The molecule has 0 spiro atoms. The molecule has 0 aliphatic heterocycles. The molecule has 3 N–H and O–H groups in total. The van der Waals surface area contributed by atoms with E-state index in [1.165, 1.54) is 0 Å². The van der Waals surface area contributed by atoms with Crippen molar-refractivity contribution in [3.63, 3.8) is 0 Å². The Morgan fingerprint density at radius 1 is 1.40 bits per heavy atom. The summed E-state index contributed by atoms with van der Waals surface area (Å²) in [6.45, 7) is 3.68. The molecule has 15 heavy (non-hydrogen) atoms. The van der Waals surface area contributed by atoms with E-state index in [0.717, 1.165) is 30.8 Å². The van der Waals surface area contributed by atoms with Crippen molar-refractivity contribution in [1.82, 2.24) is 5.32 Å². The van der Waals surface area contributed by atoms with Gasteiger partial charge in [0.1, 0.15) is 0 Å². The van der Waals surface area contributed by atoms with Crippen LogP contribution in [0.1, 0.15) is 18.9 Å². The van der Waals surface area contributed by atoms with Crippen molar-refractivity contribution < 1.29 is 4.74 Å². The Kier molecular flexibility index (Phi) is 5.15. The van der Waals surface area contributed by atoms with Gasteiger partial charge < -0.3 is 15.8 Å². The Bertz CT molecular complexity index is 289. The predicted octanol–water partition coefficient (Wildman–Crippen LogP) is 1.78. The van der Waals surface area contributed by atoms with Crippen LogP contribution in [0.4, 0.5) is 5.69 Å². The lowest BCUT2D eigenvalue weighted by atomic mass is 10.1. The van der Waals surface area contributed by atoms with Crippen molar-refractivity contribution in [3.8, 4) is 0 Å². The van der Waals surface area contributed by atoms with Crippen molar-refractivity contribution in [2.24, 2.45) is 0 Å². The zero-order valence-electron chi connectivity index (χ0n) is 9.49. The molecule has 1 aromatic carbocycles. The van der Waals surface area contributed by atoms with Crippen LogP contribution in [-0.4, -0.2) is 19.8 Å². The van der Waals surface area contributed by atoms with Crippen molar-refractivity contribution in [2.45, 2.75) is 25.9 Å². The molecule has 0 bridgehead atoms. The Morgan fingerprint density at radius 2 is 2.13 bits per heavy atom. The molecule has 0 saturated heterocycles. The summed E-state index contributed by atoms with van der Waals surface area (Å²) >= 11 is 0. The van der Waals surface area contributed by atoms with Gasteiger partial charge >= 0.3 is 0 Å². The molecule has 1 aromatic rings. The SMILES string of the molecule is CCC(COC)NCc1ccccc1N. The van der Waals surface area contributed by atoms with Gasteiger partial charge in [-0.05, 0) is 18.1 Å². The van der Waals surface area contributed by atoms with E-state index in [1.54, 1.807) is 7.11 Å². The van der Waals surface area contributed by atoms with Gasteiger partial charge in [-0.2, -0.15) is 0 Å². The van der Waals surface area contributed by atoms with Crippen molar-refractivity contribution >= 4 is 5.69 Å². The predicted molar refractivity (Wildman–Crippen MR) is 63.6 cm³/mol. The smallest absolute Gasteiger partial charge is 0.0615 e. The molecule has 3 heteroatoms. The molecule has 0 aromatic heterocycles. The third-order valence-electron chi connectivity index (χ3n) is 2.50. The summed E-state index contributed by atoms with van der Waals surface area (Å²) in [5.41, 5.74) is 7.84. The lowest BCUT2D eigenvalue weighted by Gasteiger charge is -2.16. The summed E-state index contributed by atoms with van der Waals surface area (Å²) in [5.74, 6) is 0. The quantitative estimate of drug-likeness (QED) is 0.701. The number of para-hydroxylation sites is 1. The van der Waals surface area contributed by atoms with Crippen molar-refractivity contribution in [2.75, 3.05) is 19.5 Å². The number of benzene rings is 1. The second-order valence-corrected chi connectivity index (χ2v) is 3.64. The van der Waals surface area contributed by atoms with Crippen LogP contribution in [0.15, 0.2) is 24.3 Å². The molecule has 0 radical (unpaired) electrons. The van der Waals surface area contributed by atoms with E-state index in [-0.39, 0.29) is 0 Å². The third-order valence-corrected chi connectivity index (χ3v) is 2.50. The maximum Gasteiger partial charge on any atom is 0.0615 e. The first-order valence-corrected chi connectivity index (χ1v) is 5.33. The number of hydrogen-bond acceptors (Lipinski definition) is 3. The zero-order chi connectivity index (χ0) is 11.1. The van der Waals surface area contributed by atoms with Crippen LogP contribution < -0.4 is 11.1 Å². The van der Waals surface area contributed by atoms with Crippen LogP contribution in [0.2, 0.25) is 0 Å². The van der Waals surface area contributed by atoms with Crippen LogP contribution in [0.25, 0.3) is 0 Å². The fraction of sp³-hybridized carbons (Fsp3) is 0.500. The number of anilines is 1. The second-order valence-electron chi connectivity index (χ2n) is 3.64. The first-order chi connectivity index (χ1) is 7.27. The van der Waals surface area contributed by atoms with Gasteiger partial charge in [0.05, 0.1) is 6.61 Å². The fourth-order valence-electron chi connectivity index (χ4n) is 1.47. The molecule has 3 nitrogen and oxygen atoms in total. The first-order valence-electron chi connectivity index (χ1n) is 5.33. The molecular weight excluding hydrogens is 188 g/mol. The van der Waals surface area contributed by atoms with Crippen molar-refractivity contribution in [3.05, 3.63) is 29.8 Å². The van der Waals surface area contributed by atoms with Crippen LogP contribution >= 0.6 is 0 Å². The van der Waals surface area contributed by atoms with E-state index in [9.17, 15) is 0 Å². The summed E-state index contributed by atoms with van der Waals surface area (Å²) in [6, 6.07) is 8.32. The Labute approximate surface area is 91.6 Å². The lowest BCUT2D eigenvalue weighted by molar-refractivity contribution is 0.164. The van der Waals surface area contributed by atoms with Crippen molar-refractivity contribution in [1.29, 1.82) is 0 Å². The molecule has 0 amide bonds. The zero-order valence-corrected chi connectivity index (χ0v) is 9.49. The Morgan fingerprint density at radius 3 is 2.73 bits per heavy atom. The van der Waals surface area contributed by atoms with Gasteiger partial charge in [0.2, 0.25) is 0 Å². The van der Waals surface area contributed by atoms with E-state index < -0.39 is 0 Å². The van der Waals surface area contributed by atoms with E-state index in [1.807, 2.05) is 24.3 Å². The molecular formula is C12H20N2O. The number of nitrogens with one attached hydrogen (secondary N) is 1. The molecule has 84 valence electrons. The minimum Gasteiger partial charge on any atom is -0.398 e. The number of methoxy groups -OCH3 is 1. The molecule has 1 rings (SSSR count). The maximum absolute atomic E-state index is 5.85. The van der Waals surface area contributed by atoms with E-state index >= 15 is 0 Å². The number of nitrogens with two attached hydrogens (primary N) is 1. The summed E-state index contributed by atoms with van der Waals surface area (Å²) in [6.07, 6.45) is 1.06. The fourth-order valence-corrected chi connectivity index (χ4v) is 1.47. The highest BCUT2D eigenvalue weighted by molar-refractivity contribution is 5.46. The Balaban J connectivity index is 2.45.